The van der Waals surface area contributed by atoms with Crippen molar-refractivity contribution in [3.63, 3.8) is 0 Å². The summed E-state index contributed by atoms with van der Waals surface area (Å²) in [5.74, 6) is 0. The normalized spacial score (nSPS) is 20.5. The number of nitrogens with two attached hydrogens (primary N) is 1. The Morgan fingerprint density at radius 2 is 1.65 bits per heavy atom. The van der Waals surface area contributed by atoms with E-state index in [0.29, 0.717) is 5.69 Å². The molecule has 3 rings (SSSR count). The molecule has 0 aliphatic carbocycles. The fraction of sp³-hybridized carbons (Fsp3) is 0.400. The van der Waals surface area contributed by atoms with Crippen LogP contribution in [0.4, 0.5) is 5.69 Å². The van der Waals surface area contributed by atoms with Crippen LogP contribution in [-0.4, -0.2) is 23.3 Å². The van der Waals surface area contributed by atoms with Gasteiger partial charge in [0.1, 0.15) is 0 Å². The zero-order valence-electron chi connectivity index (χ0n) is 12.3. The summed E-state index contributed by atoms with van der Waals surface area (Å²) in [6, 6.07) is 9.65. The molecule has 2 N–H and O–H groups in total. The maximum atomic E-state index is 6.11. The number of benzene rings is 1. The van der Waals surface area contributed by atoms with E-state index in [-0.39, 0.29) is 11.2 Å². The van der Waals surface area contributed by atoms with Crippen LogP contribution in [0.25, 0.3) is 10.9 Å². The molecule has 0 bridgehead atoms. The highest BCUT2D eigenvalue weighted by Crippen LogP contribution is 2.36. The summed E-state index contributed by atoms with van der Waals surface area (Å²) in [7, 11) is -0.480. The first-order chi connectivity index (χ1) is 9.30. The van der Waals surface area contributed by atoms with Gasteiger partial charge < -0.3 is 15.0 Å². The Morgan fingerprint density at radius 3 is 2.30 bits per heavy atom. The first-order valence-corrected chi connectivity index (χ1v) is 6.81. The Labute approximate surface area is 119 Å². The predicted octanol–water partition coefficient (Wildman–Crippen LogP) is 2.12. The summed E-state index contributed by atoms with van der Waals surface area (Å²) in [6.07, 6.45) is 0. The van der Waals surface area contributed by atoms with Crippen LogP contribution in [0.5, 0.6) is 0 Å². The van der Waals surface area contributed by atoms with Crippen molar-refractivity contribution in [3.8, 4) is 0 Å². The third-order valence-electron chi connectivity index (χ3n) is 4.26. The zero-order chi connectivity index (χ0) is 14.5. The maximum absolute atomic E-state index is 6.11. The van der Waals surface area contributed by atoms with Crippen LogP contribution in [0.15, 0.2) is 30.3 Å². The highest BCUT2D eigenvalue weighted by molar-refractivity contribution is 6.61. The van der Waals surface area contributed by atoms with Gasteiger partial charge in [-0.15, -0.1) is 0 Å². The molecule has 4 nitrogen and oxygen atoms in total. The zero-order valence-corrected chi connectivity index (χ0v) is 12.3. The molecule has 2 heterocycles. The lowest BCUT2D eigenvalue weighted by atomic mass is 9.83. The van der Waals surface area contributed by atoms with Gasteiger partial charge in [-0.3, -0.25) is 4.98 Å². The van der Waals surface area contributed by atoms with E-state index in [2.05, 4.69) is 4.98 Å². The summed E-state index contributed by atoms with van der Waals surface area (Å²) in [4.78, 5) is 4.62. The second-order valence-corrected chi connectivity index (χ2v) is 6.24. The molecule has 1 fully saturated rings. The van der Waals surface area contributed by atoms with Crippen molar-refractivity contribution in [2.24, 2.45) is 0 Å². The molecular weight excluding hydrogens is 251 g/mol. The smallest absolute Gasteiger partial charge is 0.398 e. The number of nitrogen functional groups attached to an aromatic ring is 1. The molecule has 1 aromatic heterocycles. The molecule has 0 amide bonds. The van der Waals surface area contributed by atoms with Crippen molar-refractivity contribution in [2.75, 3.05) is 5.73 Å². The molecule has 104 valence electrons. The SMILES string of the molecule is CC1(C)OB(c2cc(N)c3ccccc3n2)OC1(C)C. The summed E-state index contributed by atoms with van der Waals surface area (Å²) in [5.41, 5.74) is 7.63. The topological polar surface area (TPSA) is 57.4 Å². The fourth-order valence-electron chi connectivity index (χ4n) is 2.31. The Balaban J connectivity index is 2.04. The number of pyridine rings is 1. The standard InChI is InChI=1S/C15H19BN2O2/c1-14(2)15(3,4)20-16(19-14)13-9-11(17)10-7-5-6-8-12(10)18-13/h5-9H,1-4H3,(H2,17,18). The van der Waals surface area contributed by atoms with E-state index >= 15 is 0 Å². The maximum Gasteiger partial charge on any atom is 0.514 e. The summed E-state index contributed by atoms with van der Waals surface area (Å²) in [5, 5.41) is 0.952. The van der Waals surface area contributed by atoms with Gasteiger partial charge in [0, 0.05) is 11.1 Å². The van der Waals surface area contributed by atoms with Crippen molar-refractivity contribution in [1.82, 2.24) is 4.98 Å². The lowest BCUT2D eigenvalue weighted by Crippen LogP contribution is -2.41. The number of para-hydroxylation sites is 1. The quantitative estimate of drug-likeness (QED) is 0.806. The minimum atomic E-state index is -0.480. The third kappa shape index (κ3) is 1.98. The first-order valence-electron chi connectivity index (χ1n) is 6.81. The Hall–Kier alpha value is -1.59. The molecule has 1 saturated heterocycles. The Morgan fingerprint density at radius 1 is 1.05 bits per heavy atom. The molecule has 1 aliphatic rings. The number of nitrogens with zero attached hydrogens (tertiary/aromatic N) is 1. The average Bonchev–Trinajstić information content (AvgIpc) is 2.58. The van der Waals surface area contributed by atoms with Crippen LogP contribution >= 0.6 is 0 Å². The van der Waals surface area contributed by atoms with E-state index in [4.69, 9.17) is 15.0 Å². The predicted molar refractivity (Wildman–Crippen MR) is 81.9 cm³/mol. The van der Waals surface area contributed by atoms with Gasteiger partial charge in [-0.25, -0.2) is 0 Å². The van der Waals surface area contributed by atoms with Crippen molar-refractivity contribution >= 4 is 29.3 Å². The summed E-state index contributed by atoms with van der Waals surface area (Å²) >= 11 is 0. The molecular formula is C15H19BN2O2. The molecule has 5 heteroatoms. The molecule has 0 radical (unpaired) electrons. The van der Waals surface area contributed by atoms with Gasteiger partial charge in [-0.05, 0) is 39.8 Å². The number of anilines is 1. The fourth-order valence-corrected chi connectivity index (χ4v) is 2.31. The summed E-state index contributed by atoms with van der Waals surface area (Å²) in [6.45, 7) is 8.10. The van der Waals surface area contributed by atoms with Crippen molar-refractivity contribution in [3.05, 3.63) is 30.3 Å². The highest BCUT2D eigenvalue weighted by atomic mass is 16.7. The Kier molecular flexibility index (Phi) is 2.82. The van der Waals surface area contributed by atoms with Crippen LogP contribution in [-0.2, 0) is 9.31 Å². The van der Waals surface area contributed by atoms with Gasteiger partial charge in [0.25, 0.3) is 0 Å². The molecule has 1 aromatic carbocycles. The minimum Gasteiger partial charge on any atom is -0.398 e. The number of rotatable bonds is 1. The second kappa shape index (κ2) is 4.20. The molecule has 0 unspecified atom stereocenters. The molecule has 0 spiro atoms. The molecule has 0 saturated carbocycles. The van der Waals surface area contributed by atoms with Crippen LogP contribution in [0.3, 0.4) is 0 Å². The third-order valence-corrected chi connectivity index (χ3v) is 4.26. The van der Waals surface area contributed by atoms with E-state index in [9.17, 15) is 0 Å². The molecule has 0 atom stereocenters. The summed E-state index contributed by atoms with van der Waals surface area (Å²) < 4.78 is 12.0. The lowest BCUT2D eigenvalue weighted by Gasteiger charge is -2.32. The number of hydrogen-bond donors (Lipinski definition) is 1. The minimum absolute atomic E-state index is 0.375. The van der Waals surface area contributed by atoms with Gasteiger partial charge in [-0.2, -0.15) is 0 Å². The Bertz CT molecular complexity index is 654. The largest absolute Gasteiger partial charge is 0.514 e. The monoisotopic (exact) mass is 270 g/mol. The number of fused-ring (bicyclic) bond motifs is 1. The van der Waals surface area contributed by atoms with Crippen LogP contribution in [0.1, 0.15) is 27.7 Å². The van der Waals surface area contributed by atoms with Crippen molar-refractivity contribution < 1.29 is 9.31 Å². The average molecular weight is 270 g/mol. The van der Waals surface area contributed by atoms with Crippen LogP contribution in [0, 0.1) is 0 Å². The van der Waals surface area contributed by atoms with Crippen LogP contribution < -0.4 is 11.3 Å². The van der Waals surface area contributed by atoms with Gasteiger partial charge in [-0.1, -0.05) is 18.2 Å². The van der Waals surface area contributed by atoms with E-state index < -0.39 is 7.12 Å². The van der Waals surface area contributed by atoms with E-state index in [1.165, 1.54) is 0 Å². The molecule has 20 heavy (non-hydrogen) atoms. The molecule has 2 aromatic rings. The van der Waals surface area contributed by atoms with Gasteiger partial charge in [0.15, 0.2) is 0 Å². The number of aromatic nitrogens is 1. The second-order valence-electron chi connectivity index (χ2n) is 6.24. The highest BCUT2D eigenvalue weighted by Gasteiger charge is 2.52. The first kappa shape index (κ1) is 13.4. The van der Waals surface area contributed by atoms with Crippen LogP contribution in [0.2, 0.25) is 0 Å². The van der Waals surface area contributed by atoms with E-state index in [1.54, 1.807) is 0 Å². The van der Waals surface area contributed by atoms with Crippen molar-refractivity contribution in [1.29, 1.82) is 0 Å². The van der Waals surface area contributed by atoms with Gasteiger partial charge in [0.2, 0.25) is 0 Å². The van der Waals surface area contributed by atoms with E-state index in [0.717, 1.165) is 16.5 Å². The lowest BCUT2D eigenvalue weighted by molar-refractivity contribution is 0.00578. The van der Waals surface area contributed by atoms with Crippen molar-refractivity contribution in [2.45, 2.75) is 38.9 Å². The van der Waals surface area contributed by atoms with E-state index in [1.807, 2.05) is 58.0 Å². The van der Waals surface area contributed by atoms with Gasteiger partial charge in [0.05, 0.1) is 22.3 Å². The van der Waals surface area contributed by atoms with Gasteiger partial charge >= 0.3 is 7.12 Å². The number of hydrogen-bond acceptors (Lipinski definition) is 4. The molecule has 1 aliphatic heterocycles.